The molecule has 0 aromatic rings. The first kappa shape index (κ1) is 11.0. The SMILES string of the molecule is CCOP(=O)(Cl)CCCBr. The third kappa shape index (κ3) is 5.72. The number of rotatable bonds is 5. The molecule has 0 aliphatic heterocycles. The van der Waals surface area contributed by atoms with E-state index in [1.165, 1.54) is 0 Å². The van der Waals surface area contributed by atoms with Crippen LogP contribution < -0.4 is 0 Å². The summed E-state index contributed by atoms with van der Waals surface area (Å²) in [5.41, 5.74) is 0. The first-order valence-corrected chi connectivity index (χ1v) is 6.95. The Kier molecular flexibility index (Phi) is 6.13. The van der Waals surface area contributed by atoms with Crippen LogP contribution in [0.3, 0.4) is 0 Å². The lowest BCUT2D eigenvalue weighted by molar-refractivity contribution is 0.344. The van der Waals surface area contributed by atoms with Crippen LogP contribution in [0.15, 0.2) is 0 Å². The van der Waals surface area contributed by atoms with Gasteiger partial charge in [-0.2, -0.15) is 0 Å². The molecule has 0 saturated carbocycles. The van der Waals surface area contributed by atoms with Crippen molar-refractivity contribution < 1.29 is 9.09 Å². The standard InChI is InChI=1S/C5H11BrClO2P/c1-2-9-10(7,8)5-3-4-6/h2-5H2,1H3. The molecule has 0 amide bonds. The Morgan fingerprint density at radius 2 is 2.30 bits per heavy atom. The summed E-state index contributed by atoms with van der Waals surface area (Å²) < 4.78 is 15.9. The molecule has 0 N–H and O–H groups in total. The number of hydrogen-bond donors (Lipinski definition) is 0. The summed E-state index contributed by atoms with van der Waals surface area (Å²) in [6, 6.07) is 0. The number of hydrogen-bond acceptors (Lipinski definition) is 2. The quantitative estimate of drug-likeness (QED) is 0.552. The van der Waals surface area contributed by atoms with Crippen LogP contribution in [0.5, 0.6) is 0 Å². The molecule has 0 aliphatic rings. The first-order chi connectivity index (χ1) is 4.62. The van der Waals surface area contributed by atoms with Gasteiger partial charge in [0.2, 0.25) is 0 Å². The molecule has 0 rings (SSSR count). The van der Waals surface area contributed by atoms with E-state index in [1.54, 1.807) is 6.92 Å². The van der Waals surface area contributed by atoms with Gasteiger partial charge in [-0.3, -0.25) is 4.57 Å². The van der Waals surface area contributed by atoms with Gasteiger partial charge in [-0.1, -0.05) is 15.9 Å². The lowest BCUT2D eigenvalue weighted by Crippen LogP contribution is -1.90. The monoisotopic (exact) mass is 248 g/mol. The fraction of sp³-hybridized carbons (Fsp3) is 1.00. The third-order valence-electron chi connectivity index (χ3n) is 0.881. The summed E-state index contributed by atoms with van der Waals surface area (Å²) in [6.45, 7) is -0.566. The predicted octanol–water partition coefficient (Wildman–Crippen LogP) is 3.24. The Labute approximate surface area is 74.7 Å². The van der Waals surface area contributed by atoms with Crippen molar-refractivity contribution in [2.75, 3.05) is 18.1 Å². The average Bonchev–Trinajstić information content (AvgIpc) is 1.84. The first-order valence-electron chi connectivity index (χ1n) is 3.11. The molecule has 0 aromatic carbocycles. The molecule has 0 heterocycles. The Morgan fingerprint density at radius 3 is 2.70 bits per heavy atom. The molecule has 1 atom stereocenters. The second-order valence-electron chi connectivity index (χ2n) is 1.77. The molecular weight excluding hydrogens is 238 g/mol. The maximum atomic E-state index is 11.1. The van der Waals surface area contributed by atoms with Crippen LogP contribution in [0.25, 0.3) is 0 Å². The van der Waals surface area contributed by atoms with Crippen molar-refractivity contribution in [3.05, 3.63) is 0 Å². The van der Waals surface area contributed by atoms with E-state index in [9.17, 15) is 4.57 Å². The molecule has 10 heavy (non-hydrogen) atoms. The zero-order chi connectivity index (χ0) is 8.04. The van der Waals surface area contributed by atoms with E-state index in [-0.39, 0.29) is 0 Å². The van der Waals surface area contributed by atoms with E-state index in [1.807, 2.05) is 0 Å². The van der Waals surface area contributed by atoms with Crippen LogP contribution in [0.1, 0.15) is 13.3 Å². The van der Waals surface area contributed by atoms with Crippen LogP contribution in [-0.4, -0.2) is 18.1 Å². The summed E-state index contributed by atoms with van der Waals surface area (Å²) in [6.07, 6.45) is 1.24. The molecule has 0 aromatic heterocycles. The summed E-state index contributed by atoms with van der Waals surface area (Å²) >= 11 is 8.75. The molecular formula is C5H11BrClO2P. The largest absolute Gasteiger partial charge is 0.318 e. The van der Waals surface area contributed by atoms with Gasteiger partial charge in [0.05, 0.1) is 6.61 Å². The zero-order valence-corrected chi connectivity index (χ0v) is 9.08. The van der Waals surface area contributed by atoms with Crippen LogP contribution in [0.2, 0.25) is 0 Å². The minimum atomic E-state index is -2.77. The lowest BCUT2D eigenvalue weighted by atomic mass is 10.6. The minimum absolute atomic E-state index is 0.420. The van der Waals surface area contributed by atoms with Crippen molar-refractivity contribution in [2.24, 2.45) is 0 Å². The van der Waals surface area contributed by atoms with Crippen LogP contribution in [-0.2, 0) is 9.09 Å². The van der Waals surface area contributed by atoms with Crippen molar-refractivity contribution in [1.82, 2.24) is 0 Å². The van der Waals surface area contributed by atoms with Crippen LogP contribution in [0, 0.1) is 0 Å². The van der Waals surface area contributed by atoms with Crippen LogP contribution >= 0.6 is 33.9 Å². The zero-order valence-electron chi connectivity index (χ0n) is 5.85. The molecule has 0 bridgehead atoms. The van der Waals surface area contributed by atoms with Crippen molar-refractivity contribution in [3.8, 4) is 0 Å². The van der Waals surface area contributed by atoms with Gasteiger partial charge in [0.15, 0.2) is 0 Å². The highest BCUT2D eigenvalue weighted by atomic mass is 79.9. The van der Waals surface area contributed by atoms with Gasteiger partial charge in [0, 0.05) is 11.5 Å². The Hall–Kier alpha value is 0.960. The maximum Gasteiger partial charge on any atom is 0.290 e. The van der Waals surface area contributed by atoms with E-state index in [0.717, 1.165) is 11.8 Å². The minimum Gasteiger partial charge on any atom is -0.318 e. The highest BCUT2D eigenvalue weighted by molar-refractivity contribution is 9.09. The lowest BCUT2D eigenvalue weighted by Gasteiger charge is -2.07. The third-order valence-corrected chi connectivity index (χ3v) is 3.74. The second kappa shape index (κ2) is 5.59. The molecule has 0 aliphatic carbocycles. The average molecular weight is 249 g/mol. The smallest absolute Gasteiger partial charge is 0.290 e. The van der Waals surface area contributed by atoms with Gasteiger partial charge < -0.3 is 4.52 Å². The van der Waals surface area contributed by atoms with Gasteiger partial charge >= 0.3 is 0 Å². The van der Waals surface area contributed by atoms with Gasteiger partial charge in [-0.25, -0.2) is 0 Å². The molecule has 1 unspecified atom stereocenters. The van der Waals surface area contributed by atoms with Gasteiger partial charge in [0.25, 0.3) is 6.72 Å². The second-order valence-corrected chi connectivity index (χ2v) is 6.00. The maximum absolute atomic E-state index is 11.1. The predicted molar refractivity (Wildman–Crippen MR) is 48.4 cm³/mol. The van der Waals surface area contributed by atoms with Gasteiger partial charge in [0.1, 0.15) is 0 Å². The van der Waals surface area contributed by atoms with Gasteiger partial charge in [-0.15, -0.1) is 0 Å². The molecule has 0 fully saturated rings. The normalized spacial score (nSPS) is 16.7. The van der Waals surface area contributed by atoms with Gasteiger partial charge in [-0.05, 0) is 24.6 Å². The van der Waals surface area contributed by atoms with E-state index >= 15 is 0 Å². The molecule has 0 radical (unpaired) electrons. The highest BCUT2D eigenvalue weighted by Crippen LogP contribution is 2.52. The van der Waals surface area contributed by atoms with Crippen molar-refractivity contribution in [3.63, 3.8) is 0 Å². The molecule has 0 spiro atoms. The summed E-state index contributed by atoms with van der Waals surface area (Å²) in [7, 11) is 0. The van der Waals surface area contributed by atoms with E-state index in [0.29, 0.717) is 12.8 Å². The topological polar surface area (TPSA) is 26.3 Å². The Balaban J connectivity index is 3.53. The molecule has 5 heteroatoms. The fourth-order valence-electron chi connectivity index (χ4n) is 0.506. The van der Waals surface area contributed by atoms with Crippen molar-refractivity contribution >= 4 is 33.9 Å². The fourth-order valence-corrected chi connectivity index (χ4v) is 2.92. The molecule has 2 nitrogen and oxygen atoms in total. The van der Waals surface area contributed by atoms with E-state index in [4.69, 9.17) is 15.8 Å². The summed E-state index contributed by atoms with van der Waals surface area (Å²) in [4.78, 5) is 0. The summed E-state index contributed by atoms with van der Waals surface area (Å²) in [5.74, 6) is 0. The number of halogens is 2. The Morgan fingerprint density at radius 1 is 1.70 bits per heavy atom. The Bertz CT molecular complexity index is 131. The van der Waals surface area contributed by atoms with Crippen LogP contribution in [0.4, 0.5) is 0 Å². The van der Waals surface area contributed by atoms with Crippen molar-refractivity contribution in [1.29, 1.82) is 0 Å². The summed E-state index contributed by atoms with van der Waals surface area (Å²) in [5, 5.41) is 0.816. The van der Waals surface area contributed by atoms with Crippen molar-refractivity contribution in [2.45, 2.75) is 13.3 Å². The molecule has 0 saturated heterocycles. The number of alkyl halides is 1. The van der Waals surface area contributed by atoms with E-state index in [2.05, 4.69) is 15.9 Å². The van der Waals surface area contributed by atoms with E-state index < -0.39 is 6.72 Å². The highest BCUT2D eigenvalue weighted by Gasteiger charge is 2.16. The molecule has 62 valence electrons.